The SMILES string of the molecule is CCc1cc(OCCCO[Si](C)(C)C(C)(C)C)c(F)c(C(=Nc2ccc(-c3noc(C)n3)cc2)C(=NC(=O)OC)SC)c1. The first-order valence-electron chi connectivity index (χ1n) is 14.1. The Bertz CT molecular complexity index is 1470. The van der Waals surface area contributed by atoms with Crippen molar-refractivity contribution in [2.45, 2.75) is 65.6 Å². The van der Waals surface area contributed by atoms with Crippen LogP contribution >= 0.6 is 11.8 Å². The Morgan fingerprint density at radius 1 is 1.14 bits per heavy atom. The van der Waals surface area contributed by atoms with E-state index in [1.807, 2.05) is 6.92 Å². The topological polar surface area (TPSA) is 108 Å². The summed E-state index contributed by atoms with van der Waals surface area (Å²) in [6.07, 6.45) is 2.17. The van der Waals surface area contributed by atoms with Crippen LogP contribution in [0.1, 0.15) is 51.1 Å². The number of nitrogens with zero attached hydrogens (tertiary/aromatic N) is 4. The number of ether oxygens (including phenoxy) is 2. The van der Waals surface area contributed by atoms with E-state index in [0.717, 1.165) is 22.9 Å². The van der Waals surface area contributed by atoms with Gasteiger partial charge in [0.2, 0.25) is 11.7 Å². The number of thioether (sulfide) groups is 1. The minimum atomic E-state index is -1.89. The molecule has 12 heteroatoms. The van der Waals surface area contributed by atoms with Gasteiger partial charge in [0.15, 0.2) is 19.9 Å². The zero-order chi connectivity index (χ0) is 31.8. The monoisotopic (exact) mass is 628 g/mol. The van der Waals surface area contributed by atoms with Gasteiger partial charge in [-0.3, -0.25) is 0 Å². The Kier molecular flexibility index (Phi) is 11.8. The van der Waals surface area contributed by atoms with Gasteiger partial charge in [-0.1, -0.05) is 32.9 Å². The van der Waals surface area contributed by atoms with E-state index in [1.54, 1.807) is 49.6 Å². The molecule has 3 aromatic rings. The molecule has 1 aromatic heterocycles. The number of methoxy groups -OCH3 is 1. The molecule has 0 saturated carbocycles. The summed E-state index contributed by atoms with van der Waals surface area (Å²) in [7, 11) is -0.653. The Labute approximate surface area is 258 Å². The number of hydrogen-bond acceptors (Lipinski definition) is 9. The van der Waals surface area contributed by atoms with Crippen LogP contribution < -0.4 is 4.74 Å². The number of aryl methyl sites for hydroxylation is 2. The van der Waals surface area contributed by atoms with Crippen LogP contribution in [0.5, 0.6) is 5.75 Å². The molecule has 9 nitrogen and oxygen atoms in total. The first kappa shape index (κ1) is 34.1. The molecule has 0 saturated heterocycles. The highest BCUT2D eigenvalue weighted by Gasteiger charge is 2.36. The number of aromatic nitrogens is 2. The van der Waals surface area contributed by atoms with Crippen molar-refractivity contribution >= 4 is 42.6 Å². The van der Waals surface area contributed by atoms with Crippen molar-refractivity contribution in [3.8, 4) is 17.1 Å². The highest BCUT2D eigenvalue weighted by atomic mass is 32.2. The third-order valence-corrected chi connectivity index (χ3v) is 12.4. The number of carbonyl (C=O) groups excluding carboxylic acids is 1. The van der Waals surface area contributed by atoms with Gasteiger partial charge in [-0.2, -0.15) is 9.98 Å². The van der Waals surface area contributed by atoms with E-state index in [4.69, 9.17) is 23.4 Å². The molecular formula is C31H41FN4O5SSi. The van der Waals surface area contributed by atoms with Crippen molar-refractivity contribution in [1.29, 1.82) is 0 Å². The molecule has 0 atom stereocenters. The minimum absolute atomic E-state index is 0.104. The Morgan fingerprint density at radius 3 is 2.40 bits per heavy atom. The second-order valence-corrected chi connectivity index (χ2v) is 17.0. The molecule has 2 aromatic carbocycles. The average molecular weight is 629 g/mol. The lowest BCUT2D eigenvalue weighted by molar-refractivity contribution is 0.183. The van der Waals surface area contributed by atoms with E-state index in [1.165, 1.54) is 7.11 Å². The molecule has 0 unspecified atom stereocenters. The molecule has 232 valence electrons. The minimum Gasteiger partial charge on any atom is -0.490 e. The first-order chi connectivity index (χ1) is 20.3. The van der Waals surface area contributed by atoms with Crippen LogP contribution in [0.25, 0.3) is 11.4 Å². The molecule has 0 aliphatic heterocycles. The van der Waals surface area contributed by atoms with Gasteiger partial charge >= 0.3 is 6.09 Å². The summed E-state index contributed by atoms with van der Waals surface area (Å²) >= 11 is 1.16. The number of benzene rings is 2. The quantitative estimate of drug-likeness (QED) is 0.0905. The lowest BCUT2D eigenvalue weighted by Gasteiger charge is -2.36. The van der Waals surface area contributed by atoms with Crippen molar-refractivity contribution in [1.82, 2.24) is 10.1 Å². The van der Waals surface area contributed by atoms with E-state index in [9.17, 15) is 4.79 Å². The fourth-order valence-electron chi connectivity index (χ4n) is 3.70. The molecule has 0 fully saturated rings. The van der Waals surface area contributed by atoms with Gasteiger partial charge in [0.1, 0.15) is 10.8 Å². The zero-order valence-electron chi connectivity index (χ0n) is 26.4. The van der Waals surface area contributed by atoms with Crippen molar-refractivity contribution in [2.24, 2.45) is 9.98 Å². The molecule has 3 rings (SSSR count). The van der Waals surface area contributed by atoms with E-state index in [-0.39, 0.29) is 33.7 Å². The number of rotatable bonds is 11. The van der Waals surface area contributed by atoms with E-state index in [0.29, 0.717) is 36.9 Å². The maximum Gasteiger partial charge on any atom is 0.434 e. The third kappa shape index (κ3) is 9.07. The lowest BCUT2D eigenvalue weighted by Crippen LogP contribution is -2.41. The number of hydrogen-bond donors (Lipinski definition) is 0. The van der Waals surface area contributed by atoms with Gasteiger partial charge in [-0.15, -0.1) is 11.8 Å². The number of amides is 1. The smallest absolute Gasteiger partial charge is 0.434 e. The fraction of sp³-hybridized carbons (Fsp3) is 0.452. The zero-order valence-corrected chi connectivity index (χ0v) is 28.2. The second-order valence-electron chi connectivity index (χ2n) is 11.4. The van der Waals surface area contributed by atoms with E-state index >= 15 is 4.39 Å². The van der Waals surface area contributed by atoms with Gasteiger partial charge < -0.3 is 18.4 Å². The van der Waals surface area contributed by atoms with Gasteiger partial charge in [0, 0.05) is 31.1 Å². The Balaban J connectivity index is 1.97. The van der Waals surface area contributed by atoms with Crippen LogP contribution in [-0.4, -0.2) is 61.9 Å². The van der Waals surface area contributed by atoms with Crippen molar-refractivity contribution in [3.63, 3.8) is 0 Å². The summed E-state index contributed by atoms with van der Waals surface area (Å²) in [6, 6.07) is 10.5. The highest BCUT2D eigenvalue weighted by Crippen LogP contribution is 2.36. The molecule has 0 aliphatic rings. The maximum absolute atomic E-state index is 16.2. The number of aliphatic imine (C=N–C) groups is 2. The predicted molar refractivity (Wildman–Crippen MR) is 173 cm³/mol. The normalized spacial score (nSPS) is 12.9. The standard InChI is InChI=1S/C31H41FN4O5SSi/c1-10-21-18-24(26(32)25(19-21)39-16-11-17-40-43(8,9)31(3,4)5)27(29(42-7)35-30(37)38-6)34-23-14-12-22(13-15-23)28-33-20(2)41-36-28/h12-15,18-19H,10-11,16-17H2,1-9H3. The van der Waals surface area contributed by atoms with Crippen LogP contribution in [0.4, 0.5) is 14.9 Å². The van der Waals surface area contributed by atoms with Crippen molar-refractivity contribution in [2.75, 3.05) is 26.6 Å². The Morgan fingerprint density at radius 2 is 1.84 bits per heavy atom. The molecule has 1 amide bonds. The second kappa shape index (κ2) is 14.9. The van der Waals surface area contributed by atoms with Crippen LogP contribution in [0.2, 0.25) is 18.1 Å². The van der Waals surface area contributed by atoms with E-state index in [2.05, 4.69) is 49.0 Å². The van der Waals surface area contributed by atoms with Crippen LogP contribution in [0, 0.1) is 12.7 Å². The maximum atomic E-state index is 16.2. The molecule has 43 heavy (non-hydrogen) atoms. The molecule has 0 N–H and O–H groups in total. The largest absolute Gasteiger partial charge is 0.490 e. The summed E-state index contributed by atoms with van der Waals surface area (Å²) in [5.41, 5.74) is 2.44. The summed E-state index contributed by atoms with van der Waals surface area (Å²) in [6.45, 7) is 15.5. The molecule has 0 spiro atoms. The summed E-state index contributed by atoms with van der Waals surface area (Å²) in [5, 5.41) is 4.25. The lowest BCUT2D eigenvalue weighted by atomic mass is 10.0. The number of carbonyl (C=O) groups is 1. The van der Waals surface area contributed by atoms with Gasteiger partial charge in [0.25, 0.3) is 0 Å². The summed E-state index contributed by atoms with van der Waals surface area (Å²) in [5.74, 6) is 0.418. The summed E-state index contributed by atoms with van der Waals surface area (Å²) in [4.78, 5) is 25.2. The third-order valence-electron chi connectivity index (χ3n) is 7.24. The number of halogens is 1. The van der Waals surface area contributed by atoms with Gasteiger partial charge in [0.05, 0.1) is 19.4 Å². The van der Waals surface area contributed by atoms with Crippen molar-refractivity contribution < 1.29 is 27.6 Å². The molecule has 0 bridgehead atoms. The fourth-order valence-corrected chi connectivity index (χ4v) is 5.30. The highest BCUT2D eigenvalue weighted by molar-refractivity contribution is 8.15. The van der Waals surface area contributed by atoms with Gasteiger partial charge in [-0.05, 0) is 72.8 Å². The van der Waals surface area contributed by atoms with Crippen LogP contribution in [0.3, 0.4) is 0 Å². The van der Waals surface area contributed by atoms with Crippen molar-refractivity contribution in [3.05, 3.63) is 59.2 Å². The molecule has 0 radical (unpaired) electrons. The average Bonchev–Trinajstić information content (AvgIpc) is 3.41. The molecular weight excluding hydrogens is 588 g/mol. The van der Waals surface area contributed by atoms with Crippen LogP contribution in [0.15, 0.2) is 50.9 Å². The Hall–Kier alpha value is -3.35. The first-order valence-corrected chi connectivity index (χ1v) is 18.2. The van der Waals surface area contributed by atoms with E-state index < -0.39 is 20.2 Å². The predicted octanol–water partition coefficient (Wildman–Crippen LogP) is 8.19. The summed E-state index contributed by atoms with van der Waals surface area (Å²) < 4.78 is 38.2. The molecule has 0 aliphatic carbocycles. The van der Waals surface area contributed by atoms with Gasteiger partial charge in [-0.25, -0.2) is 14.2 Å². The molecule has 1 heterocycles. The van der Waals surface area contributed by atoms with Crippen LogP contribution in [-0.2, 0) is 15.6 Å².